The third-order valence-corrected chi connectivity index (χ3v) is 2.42. The normalized spacial score (nSPS) is 10.9. The van der Waals surface area contributed by atoms with E-state index < -0.39 is 11.9 Å². The van der Waals surface area contributed by atoms with E-state index in [1.807, 2.05) is 0 Å². The van der Waals surface area contributed by atoms with Crippen LogP contribution in [0.15, 0.2) is 36.5 Å². The monoisotopic (exact) mass is 289 g/mol. The molecular weight excluding hydrogens is 279 g/mol. The Kier molecular flexibility index (Phi) is 4.85. The minimum atomic E-state index is -4.48. The maximum Gasteiger partial charge on any atom is 0.433 e. The highest BCUT2D eigenvalue weighted by molar-refractivity contribution is 5.85. The summed E-state index contributed by atoms with van der Waals surface area (Å²) in [5, 5.41) is 0. The van der Waals surface area contributed by atoms with Gasteiger partial charge in [-0.3, -0.25) is 0 Å². The Labute approximate surface area is 114 Å². The van der Waals surface area contributed by atoms with E-state index in [0.717, 1.165) is 12.3 Å². The lowest BCUT2D eigenvalue weighted by atomic mass is 10.1. The lowest BCUT2D eigenvalue weighted by Crippen LogP contribution is -2.09. The first-order chi connectivity index (χ1) is 8.52. The SMILES string of the molecule is Cl.NCc1ccccc1-c1nccc(C(F)(F)F)n1. The molecule has 0 bridgehead atoms. The number of hydrogen-bond acceptors (Lipinski definition) is 3. The molecule has 2 rings (SSSR count). The van der Waals surface area contributed by atoms with Crippen LogP contribution in [0.4, 0.5) is 13.2 Å². The molecule has 0 atom stereocenters. The Morgan fingerprint density at radius 2 is 1.79 bits per heavy atom. The molecule has 0 radical (unpaired) electrons. The summed E-state index contributed by atoms with van der Waals surface area (Å²) in [6.07, 6.45) is -3.38. The van der Waals surface area contributed by atoms with Crippen molar-refractivity contribution in [3.8, 4) is 11.4 Å². The highest BCUT2D eigenvalue weighted by atomic mass is 35.5. The number of alkyl halides is 3. The van der Waals surface area contributed by atoms with Gasteiger partial charge < -0.3 is 5.73 Å². The third-order valence-electron chi connectivity index (χ3n) is 2.42. The Bertz CT molecular complexity index is 558. The topological polar surface area (TPSA) is 51.8 Å². The summed E-state index contributed by atoms with van der Waals surface area (Å²) in [7, 11) is 0. The van der Waals surface area contributed by atoms with Crippen molar-refractivity contribution in [3.63, 3.8) is 0 Å². The van der Waals surface area contributed by atoms with E-state index in [4.69, 9.17) is 5.73 Å². The van der Waals surface area contributed by atoms with Gasteiger partial charge in [0.15, 0.2) is 5.82 Å². The van der Waals surface area contributed by atoms with Crippen LogP contribution in [0.5, 0.6) is 0 Å². The van der Waals surface area contributed by atoms with Crippen LogP contribution in [0.2, 0.25) is 0 Å². The van der Waals surface area contributed by atoms with Gasteiger partial charge in [0, 0.05) is 18.3 Å². The van der Waals surface area contributed by atoms with Crippen molar-refractivity contribution in [2.45, 2.75) is 12.7 Å². The second-order valence-corrected chi connectivity index (χ2v) is 3.62. The van der Waals surface area contributed by atoms with Crippen LogP contribution in [0.1, 0.15) is 11.3 Å². The zero-order valence-electron chi connectivity index (χ0n) is 9.69. The quantitative estimate of drug-likeness (QED) is 0.924. The molecular formula is C12H11ClF3N3. The van der Waals surface area contributed by atoms with Crippen molar-refractivity contribution in [1.82, 2.24) is 9.97 Å². The molecule has 0 aliphatic heterocycles. The first-order valence-corrected chi connectivity index (χ1v) is 5.21. The van der Waals surface area contributed by atoms with Gasteiger partial charge in [-0.2, -0.15) is 13.2 Å². The molecule has 19 heavy (non-hydrogen) atoms. The standard InChI is InChI=1S/C12H10F3N3.ClH/c13-12(14,15)10-5-6-17-11(18-10)9-4-2-1-3-8(9)7-16;/h1-6H,7,16H2;1H. The molecule has 0 unspecified atom stereocenters. The van der Waals surface area contributed by atoms with Crippen molar-refractivity contribution in [2.75, 3.05) is 0 Å². The number of halogens is 4. The van der Waals surface area contributed by atoms with Crippen LogP contribution >= 0.6 is 12.4 Å². The summed E-state index contributed by atoms with van der Waals surface area (Å²) in [5.74, 6) is 0.0332. The zero-order chi connectivity index (χ0) is 13.2. The number of benzene rings is 1. The molecule has 0 fully saturated rings. The average molecular weight is 290 g/mol. The predicted octanol–water partition coefficient (Wildman–Crippen LogP) is 3.04. The number of hydrogen-bond donors (Lipinski definition) is 1. The van der Waals surface area contributed by atoms with E-state index in [2.05, 4.69) is 9.97 Å². The van der Waals surface area contributed by atoms with Crippen LogP contribution in [0.3, 0.4) is 0 Å². The van der Waals surface area contributed by atoms with Crippen LogP contribution in [0.25, 0.3) is 11.4 Å². The van der Waals surface area contributed by atoms with E-state index in [-0.39, 0.29) is 24.8 Å². The van der Waals surface area contributed by atoms with Crippen LogP contribution < -0.4 is 5.73 Å². The molecule has 0 aliphatic carbocycles. The van der Waals surface area contributed by atoms with E-state index in [0.29, 0.717) is 11.1 Å². The number of nitrogens with zero attached hydrogens (tertiary/aromatic N) is 2. The van der Waals surface area contributed by atoms with Crippen LogP contribution in [0, 0.1) is 0 Å². The molecule has 1 heterocycles. The first-order valence-electron chi connectivity index (χ1n) is 5.21. The van der Waals surface area contributed by atoms with Crippen LogP contribution in [-0.2, 0) is 12.7 Å². The lowest BCUT2D eigenvalue weighted by Gasteiger charge is -2.09. The van der Waals surface area contributed by atoms with Crippen molar-refractivity contribution in [2.24, 2.45) is 5.73 Å². The fraction of sp³-hybridized carbons (Fsp3) is 0.167. The lowest BCUT2D eigenvalue weighted by molar-refractivity contribution is -0.141. The van der Waals surface area contributed by atoms with E-state index in [1.165, 1.54) is 0 Å². The molecule has 7 heteroatoms. The number of nitrogens with two attached hydrogens (primary N) is 1. The minimum Gasteiger partial charge on any atom is -0.326 e. The molecule has 1 aromatic carbocycles. The minimum absolute atomic E-state index is 0. The maximum absolute atomic E-state index is 12.6. The van der Waals surface area contributed by atoms with Gasteiger partial charge in [-0.1, -0.05) is 24.3 Å². The summed E-state index contributed by atoms with van der Waals surface area (Å²) in [4.78, 5) is 7.40. The summed E-state index contributed by atoms with van der Waals surface area (Å²) in [6.45, 7) is 0.218. The number of rotatable bonds is 2. The highest BCUT2D eigenvalue weighted by Crippen LogP contribution is 2.29. The Morgan fingerprint density at radius 3 is 2.42 bits per heavy atom. The van der Waals surface area contributed by atoms with Gasteiger partial charge in [0.2, 0.25) is 0 Å². The van der Waals surface area contributed by atoms with Crippen molar-refractivity contribution in [1.29, 1.82) is 0 Å². The van der Waals surface area contributed by atoms with Gasteiger partial charge >= 0.3 is 6.18 Å². The fourth-order valence-corrected chi connectivity index (χ4v) is 1.56. The van der Waals surface area contributed by atoms with Gasteiger partial charge in [0.05, 0.1) is 0 Å². The molecule has 2 aromatic rings. The summed E-state index contributed by atoms with van der Waals surface area (Å²) in [5.41, 5.74) is 5.80. The summed E-state index contributed by atoms with van der Waals surface area (Å²) in [6, 6.07) is 7.70. The molecule has 0 saturated carbocycles. The smallest absolute Gasteiger partial charge is 0.326 e. The Hall–Kier alpha value is -1.66. The molecule has 0 amide bonds. The highest BCUT2D eigenvalue weighted by Gasteiger charge is 2.32. The Balaban J connectivity index is 0.00000180. The molecule has 0 aliphatic rings. The predicted molar refractivity (Wildman–Crippen MR) is 67.6 cm³/mol. The van der Waals surface area contributed by atoms with Gasteiger partial charge in [-0.05, 0) is 11.6 Å². The zero-order valence-corrected chi connectivity index (χ0v) is 10.5. The van der Waals surface area contributed by atoms with Gasteiger partial charge in [0.25, 0.3) is 0 Å². The summed E-state index contributed by atoms with van der Waals surface area (Å²) >= 11 is 0. The van der Waals surface area contributed by atoms with Crippen molar-refractivity contribution in [3.05, 3.63) is 47.8 Å². The average Bonchev–Trinajstić information content (AvgIpc) is 2.38. The van der Waals surface area contributed by atoms with Gasteiger partial charge in [0.1, 0.15) is 5.69 Å². The van der Waals surface area contributed by atoms with E-state index in [9.17, 15) is 13.2 Å². The Morgan fingerprint density at radius 1 is 1.11 bits per heavy atom. The van der Waals surface area contributed by atoms with E-state index in [1.54, 1.807) is 24.3 Å². The second-order valence-electron chi connectivity index (χ2n) is 3.62. The van der Waals surface area contributed by atoms with Gasteiger partial charge in [-0.25, -0.2) is 9.97 Å². The second kappa shape index (κ2) is 5.99. The van der Waals surface area contributed by atoms with Crippen LogP contribution in [-0.4, -0.2) is 9.97 Å². The van der Waals surface area contributed by atoms with E-state index >= 15 is 0 Å². The van der Waals surface area contributed by atoms with Crippen molar-refractivity contribution >= 4 is 12.4 Å². The maximum atomic E-state index is 12.6. The van der Waals surface area contributed by atoms with Gasteiger partial charge in [-0.15, -0.1) is 12.4 Å². The summed E-state index contributed by atoms with van der Waals surface area (Å²) < 4.78 is 37.7. The third kappa shape index (κ3) is 3.42. The first kappa shape index (κ1) is 15.4. The largest absolute Gasteiger partial charge is 0.433 e. The number of aromatic nitrogens is 2. The molecule has 0 spiro atoms. The molecule has 1 aromatic heterocycles. The molecule has 3 nitrogen and oxygen atoms in total. The molecule has 102 valence electrons. The fourth-order valence-electron chi connectivity index (χ4n) is 1.56. The molecule has 0 saturated heterocycles. The van der Waals surface area contributed by atoms with Crippen molar-refractivity contribution < 1.29 is 13.2 Å². The molecule has 2 N–H and O–H groups in total.